The molecule has 158 valence electrons. The van der Waals surface area contributed by atoms with Gasteiger partial charge < -0.3 is 10.1 Å². The van der Waals surface area contributed by atoms with Crippen LogP contribution in [0.15, 0.2) is 70.0 Å². The Morgan fingerprint density at radius 2 is 1.80 bits per heavy atom. The molecule has 30 heavy (non-hydrogen) atoms. The highest BCUT2D eigenvalue weighted by atomic mass is 79.9. The lowest BCUT2D eigenvalue weighted by Gasteiger charge is -2.16. The van der Waals surface area contributed by atoms with Gasteiger partial charge in [0, 0.05) is 18.1 Å². The number of amides is 1. The molecule has 3 aromatic rings. The standard InChI is InChI=1S/C22H23BrN2O4S/c1-15(17-8-7-16-5-3-4-6-18(16)13-17)25-22(26)20-14-19(9-10-21(20)23)30(27,28)24-11-12-29-2/h3-10,13-15,24H,11-12H2,1-2H3,(H,25,26). The molecule has 1 amide bonds. The SMILES string of the molecule is COCCNS(=O)(=O)c1ccc(Br)c(C(=O)NC(C)c2ccc3ccccc3c2)c1. The van der Waals surface area contributed by atoms with Crippen molar-refractivity contribution >= 4 is 42.6 Å². The first kappa shape index (κ1) is 22.4. The Hall–Kier alpha value is -2.26. The van der Waals surface area contributed by atoms with Gasteiger partial charge in [-0.05, 0) is 63.5 Å². The molecule has 0 aliphatic carbocycles. The van der Waals surface area contributed by atoms with E-state index in [9.17, 15) is 13.2 Å². The molecule has 3 rings (SSSR count). The minimum absolute atomic E-state index is 0.0188. The Morgan fingerprint density at radius 1 is 1.07 bits per heavy atom. The van der Waals surface area contributed by atoms with Crippen LogP contribution >= 0.6 is 15.9 Å². The molecule has 0 aliphatic rings. The summed E-state index contributed by atoms with van der Waals surface area (Å²) in [6.07, 6.45) is 0. The fourth-order valence-corrected chi connectivity index (χ4v) is 4.51. The molecular weight excluding hydrogens is 468 g/mol. The fraction of sp³-hybridized carbons (Fsp3) is 0.227. The van der Waals surface area contributed by atoms with Gasteiger partial charge in [0.25, 0.3) is 5.91 Å². The van der Waals surface area contributed by atoms with Crippen molar-refractivity contribution in [1.82, 2.24) is 10.0 Å². The van der Waals surface area contributed by atoms with Gasteiger partial charge in [-0.2, -0.15) is 0 Å². The number of hydrogen-bond acceptors (Lipinski definition) is 4. The molecular formula is C22H23BrN2O4S. The molecule has 0 saturated carbocycles. The Morgan fingerprint density at radius 3 is 2.53 bits per heavy atom. The number of carbonyl (C=O) groups is 1. The highest BCUT2D eigenvalue weighted by Crippen LogP contribution is 2.24. The predicted molar refractivity (Wildman–Crippen MR) is 121 cm³/mol. The molecule has 0 spiro atoms. The third kappa shape index (κ3) is 5.26. The third-order valence-electron chi connectivity index (χ3n) is 4.71. The second-order valence-corrected chi connectivity index (χ2v) is 9.46. The second kappa shape index (κ2) is 9.70. The predicted octanol–water partition coefficient (Wildman–Crippen LogP) is 4.02. The zero-order valence-corrected chi connectivity index (χ0v) is 19.1. The maximum absolute atomic E-state index is 12.9. The molecule has 2 N–H and O–H groups in total. The fourth-order valence-electron chi connectivity index (χ4n) is 3.04. The average molecular weight is 491 g/mol. The number of rotatable bonds is 8. The lowest BCUT2D eigenvalue weighted by atomic mass is 10.0. The number of halogens is 1. The highest BCUT2D eigenvalue weighted by Gasteiger charge is 2.20. The first-order valence-corrected chi connectivity index (χ1v) is 11.7. The van der Waals surface area contributed by atoms with Crippen LogP contribution in [0, 0.1) is 0 Å². The quantitative estimate of drug-likeness (QED) is 0.467. The van der Waals surface area contributed by atoms with Crippen LogP contribution in [0.5, 0.6) is 0 Å². The normalized spacial score (nSPS) is 12.6. The van der Waals surface area contributed by atoms with E-state index in [1.807, 2.05) is 49.4 Å². The van der Waals surface area contributed by atoms with Crippen LogP contribution < -0.4 is 10.0 Å². The molecule has 1 unspecified atom stereocenters. The van der Waals surface area contributed by atoms with Crippen LogP contribution in [0.1, 0.15) is 28.9 Å². The third-order valence-corrected chi connectivity index (χ3v) is 6.86. The van der Waals surface area contributed by atoms with Gasteiger partial charge in [0.1, 0.15) is 0 Å². The molecule has 0 heterocycles. The number of hydrogen-bond donors (Lipinski definition) is 2. The molecule has 0 aromatic heterocycles. The van der Waals surface area contributed by atoms with Crippen LogP contribution in [0.4, 0.5) is 0 Å². The van der Waals surface area contributed by atoms with E-state index in [2.05, 4.69) is 26.0 Å². The average Bonchev–Trinajstić information content (AvgIpc) is 2.73. The lowest BCUT2D eigenvalue weighted by Crippen LogP contribution is -2.29. The zero-order valence-electron chi connectivity index (χ0n) is 16.7. The summed E-state index contributed by atoms with van der Waals surface area (Å²) >= 11 is 3.34. The number of fused-ring (bicyclic) bond motifs is 1. The molecule has 0 fully saturated rings. The van der Waals surface area contributed by atoms with Crippen molar-refractivity contribution in [2.75, 3.05) is 20.3 Å². The molecule has 1 atom stereocenters. The molecule has 8 heteroatoms. The second-order valence-electron chi connectivity index (χ2n) is 6.83. The van der Waals surface area contributed by atoms with Crippen LogP contribution in [-0.2, 0) is 14.8 Å². The summed E-state index contributed by atoms with van der Waals surface area (Å²) in [5.74, 6) is -0.364. The van der Waals surface area contributed by atoms with Crippen molar-refractivity contribution in [2.45, 2.75) is 17.9 Å². The number of sulfonamides is 1. The Kier molecular flexibility index (Phi) is 7.25. The number of benzene rings is 3. The number of ether oxygens (including phenoxy) is 1. The van der Waals surface area contributed by atoms with Gasteiger partial charge in [-0.3, -0.25) is 4.79 Å². The largest absolute Gasteiger partial charge is 0.383 e. The van der Waals surface area contributed by atoms with Crippen molar-refractivity contribution in [2.24, 2.45) is 0 Å². The molecule has 6 nitrogen and oxygen atoms in total. The van der Waals surface area contributed by atoms with Crippen molar-refractivity contribution in [3.63, 3.8) is 0 Å². The summed E-state index contributed by atoms with van der Waals surface area (Å²) in [7, 11) is -2.25. The molecule has 3 aromatic carbocycles. The smallest absolute Gasteiger partial charge is 0.252 e. The van der Waals surface area contributed by atoms with E-state index in [1.54, 1.807) is 6.07 Å². The van der Waals surface area contributed by atoms with Gasteiger partial charge in [0.05, 0.1) is 23.1 Å². The van der Waals surface area contributed by atoms with E-state index in [1.165, 1.54) is 19.2 Å². The Bertz CT molecular complexity index is 1160. The van der Waals surface area contributed by atoms with Gasteiger partial charge in [-0.25, -0.2) is 13.1 Å². The van der Waals surface area contributed by atoms with E-state index < -0.39 is 10.0 Å². The van der Waals surface area contributed by atoms with Gasteiger partial charge >= 0.3 is 0 Å². The van der Waals surface area contributed by atoms with Gasteiger partial charge in [-0.15, -0.1) is 0 Å². The summed E-state index contributed by atoms with van der Waals surface area (Å²) in [5.41, 5.74) is 1.21. The van der Waals surface area contributed by atoms with E-state index in [4.69, 9.17) is 4.74 Å². The van der Waals surface area contributed by atoms with Crippen LogP contribution in [0.25, 0.3) is 10.8 Å². The lowest BCUT2D eigenvalue weighted by molar-refractivity contribution is 0.0939. The Labute approximate surface area is 184 Å². The molecule has 0 bridgehead atoms. The van der Waals surface area contributed by atoms with Crippen LogP contribution in [0.3, 0.4) is 0 Å². The first-order chi connectivity index (χ1) is 14.3. The molecule has 0 aliphatic heterocycles. The minimum atomic E-state index is -3.74. The maximum atomic E-state index is 12.9. The number of methoxy groups -OCH3 is 1. The highest BCUT2D eigenvalue weighted by molar-refractivity contribution is 9.10. The maximum Gasteiger partial charge on any atom is 0.252 e. The zero-order chi connectivity index (χ0) is 21.7. The minimum Gasteiger partial charge on any atom is -0.383 e. The van der Waals surface area contributed by atoms with Crippen LogP contribution in [0.2, 0.25) is 0 Å². The van der Waals surface area contributed by atoms with Crippen molar-refractivity contribution in [3.05, 3.63) is 76.3 Å². The summed E-state index contributed by atoms with van der Waals surface area (Å²) in [6.45, 7) is 2.30. The topological polar surface area (TPSA) is 84.5 Å². The van der Waals surface area contributed by atoms with Gasteiger partial charge in [0.2, 0.25) is 10.0 Å². The van der Waals surface area contributed by atoms with Crippen LogP contribution in [-0.4, -0.2) is 34.6 Å². The van der Waals surface area contributed by atoms with Crippen molar-refractivity contribution in [3.8, 4) is 0 Å². The number of nitrogens with one attached hydrogen (secondary N) is 2. The van der Waals surface area contributed by atoms with E-state index in [-0.39, 0.29) is 35.6 Å². The summed E-state index contributed by atoms with van der Waals surface area (Å²) in [4.78, 5) is 12.9. The van der Waals surface area contributed by atoms with Gasteiger partial charge in [0.15, 0.2) is 0 Å². The van der Waals surface area contributed by atoms with E-state index >= 15 is 0 Å². The van der Waals surface area contributed by atoms with Crippen molar-refractivity contribution in [1.29, 1.82) is 0 Å². The van der Waals surface area contributed by atoms with E-state index in [0.717, 1.165) is 16.3 Å². The molecule has 0 saturated heterocycles. The van der Waals surface area contributed by atoms with E-state index in [0.29, 0.717) is 4.47 Å². The van der Waals surface area contributed by atoms with Crippen molar-refractivity contribution < 1.29 is 17.9 Å². The number of carbonyl (C=O) groups excluding carboxylic acids is 1. The monoisotopic (exact) mass is 490 g/mol. The first-order valence-electron chi connectivity index (χ1n) is 9.39. The summed E-state index contributed by atoms with van der Waals surface area (Å²) < 4.78 is 32.7. The summed E-state index contributed by atoms with van der Waals surface area (Å²) in [5, 5.41) is 5.16. The Balaban J connectivity index is 1.80. The van der Waals surface area contributed by atoms with Gasteiger partial charge in [-0.1, -0.05) is 36.4 Å². The summed E-state index contributed by atoms with van der Waals surface area (Å²) in [6, 6.07) is 18.1. The molecule has 0 radical (unpaired) electrons.